The van der Waals surface area contributed by atoms with Gasteiger partial charge in [0.15, 0.2) is 0 Å². The molecule has 2 aromatic rings. The highest BCUT2D eigenvalue weighted by molar-refractivity contribution is 5.95. The molecule has 0 bridgehead atoms. The second-order valence-corrected chi connectivity index (χ2v) is 6.73. The number of esters is 1. The Balaban J connectivity index is 2.02. The maximum atomic E-state index is 12.5. The Bertz CT molecular complexity index is 790. The second-order valence-electron chi connectivity index (χ2n) is 6.73. The van der Waals surface area contributed by atoms with Crippen LogP contribution < -0.4 is 5.32 Å². The first kappa shape index (κ1) is 18.5. The number of rotatable bonds is 5. The number of nitrogens with one attached hydrogen (secondary N) is 1. The van der Waals surface area contributed by atoms with Crippen LogP contribution in [0.4, 0.5) is 4.79 Å². The number of fused-ring (bicyclic) bond motifs is 1. The predicted octanol–water partition coefficient (Wildman–Crippen LogP) is 2.90. The largest absolute Gasteiger partial charge is 0.469 e. The number of hydrogen-bond acceptors (Lipinski definition) is 5. The molecule has 2 heterocycles. The highest BCUT2D eigenvalue weighted by atomic mass is 16.5. The molecule has 140 valence electrons. The summed E-state index contributed by atoms with van der Waals surface area (Å²) >= 11 is 0. The minimum Gasteiger partial charge on any atom is -0.469 e. The van der Waals surface area contributed by atoms with Crippen LogP contribution in [-0.4, -0.2) is 43.9 Å². The van der Waals surface area contributed by atoms with Crippen LogP contribution in [0.25, 0.3) is 10.9 Å². The van der Waals surface area contributed by atoms with Gasteiger partial charge in [0.25, 0.3) is 0 Å². The van der Waals surface area contributed by atoms with Crippen molar-refractivity contribution in [1.29, 1.82) is 0 Å². The minimum atomic E-state index is -0.419. The molecule has 1 fully saturated rings. The number of carbonyl (C=O) groups is 2. The first-order chi connectivity index (χ1) is 12.7. The van der Waals surface area contributed by atoms with E-state index in [0.717, 1.165) is 60.9 Å². The van der Waals surface area contributed by atoms with Crippen molar-refractivity contribution in [3.05, 3.63) is 35.5 Å². The highest BCUT2D eigenvalue weighted by Gasteiger charge is 2.24. The summed E-state index contributed by atoms with van der Waals surface area (Å²) in [5, 5.41) is 4.28. The van der Waals surface area contributed by atoms with Gasteiger partial charge >= 0.3 is 12.1 Å². The smallest absolute Gasteiger partial charge is 0.418 e. The van der Waals surface area contributed by atoms with Gasteiger partial charge in [-0.15, -0.1) is 0 Å². The summed E-state index contributed by atoms with van der Waals surface area (Å²) in [6, 6.07) is 7.64. The first-order valence-electron chi connectivity index (χ1n) is 9.12. The van der Waals surface area contributed by atoms with E-state index in [-0.39, 0.29) is 12.4 Å². The van der Waals surface area contributed by atoms with Gasteiger partial charge in [-0.2, -0.15) is 0 Å². The van der Waals surface area contributed by atoms with E-state index in [4.69, 9.17) is 9.47 Å². The third-order valence-electron chi connectivity index (χ3n) is 5.24. The molecule has 1 aromatic carbocycles. The lowest BCUT2D eigenvalue weighted by Crippen LogP contribution is -2.28. The fourth-order valence-electron chi connectivity index (χ4n) is 3.85. The topological polar surface area (TPSA) is 69.6 Å². The van der Waals surface area contributed by atoms with E-state index >= 15 is 0 Å². The average molecular weight is 358 g/mol. The van der Waals surface area contributed by atoms with E-state index < -0.39 is 6.09 Å². The van der Waals surface area contributed by atoms with Crippen LogP contribution in [0.2, 0.25) is 0 Å². The number of hydrogen-bond donors (Lipinski definition) is 1. The number of nitrogens with zero attached hydrogens (tertiary/aromatic N) is 1. The Labute approximate surface area is 153 Å². The van der Waals surface area contributed by atoms with Gasteiger partial charge in [0, 0.05) is 11.1 Å². The molecule has 26 heavy (non-hydrogen) atoms. The van der Waals surface area contributed by atoms with Gasteiger partial charge in [0.05, 0.1) is 26.2 Å². The van der Waals surface area contributed by atoms with Crippen LogP contribution in [0.5, 0.6) is 0 Å². The molecule has 0 radical (unpaired) electrons. The van der Waals surface area contributed by atoms with Crippen LogP contribution in [0, 0.1) is 5.92 Å². The van der Waals surface area contributed by atoms with Crippen LogP contribution >= 0.6 is 0 Å². The third-order valence-corrected chi connectivity index (χ3v) is 5.24. The number of carbonyl (C=O) groups excluding carboxylic acids is 2. The van der Waals surface area contributed by atoms with Crippen molar-refractivity contribution in [3.63, 3.8) is 0 Å². The van der Waals surface area contributed by atoms with Crippen molar-refractivity contribution in [2.45, 2.75) is 32.1 Å². The maximum absolute atomic E-state index is 12.5. The normalized spacial score (nSPS) is 15.2. The number of benzene rings is 1. The SMILES string of the molecule is COC(=O)Cc1c(CCC2CCNCC2)n(C(=O)OC)c2ccccc12. The monoisotopic (exact) mass is 358 g/mol. The molecule has 1 aliphatic rings. The minimum absolute atomic E-state index is 0.155. The molecule has 1 N–H and O–H groups in total. The van der Waals surface area contributed by atoms with E-state index in [2.05, 4.69) is 5.32 Å². The highest BCUT2D eigenvalue weighted by Crippen LogP contribution is 2.30. The number of para-hydroxylation sites is 1. The van der Waals surface area contributed by atoms with Gasteiger partial charge in [0.1, 0.15) is 0 Å². The molecule has 0 atom stereocenters. The average Bonchev–Trinajstić information content (AvgIpc) is 3.00. The Kier molecular flexibility index (Phi) is 5.93. The number of piperidine rings is 1. The fraction of sp³-hybridized carbons (Fsp3) is 0.500. The summed E-state index contributed by atoms with van der Waals surface area (Å²) in [5.74, 6) is 0.326. The molecule has 6 heteroatoms. The van der Waals surface area contributed by atoms with E-state index in [1.165, 1.54) is 14.2 Å². The molecule has 3 rings (SSSR count). The van der Waals surface area contributed by atoms with Gasteiger partial charge in [-0.1, -0.05) is 18.2 Å². The lowest BCUT2D eigenvalue weighted by Gasteiger charge is -2.22. The van der Waals surface area contributed by atoms with Crippen molar-refractivity contribution in [2.75, 3.05) is 27.3 Å². The molecule has 0 unspecified atom stereocenters. The zero-order chi connectivity index (χ0) is 18.5. The Morgan fingerprint density at radius 2 is 1.88 bits per heavy atom. The van der Waals surface area contributed by atoms with E-state index in [1.807, 2.05) is 24.3 Å². The Hall–Kier alpha value is -2.34. The third kappa shape index (κ3) is 3.75. The van der Waals surface area contributed by atoms with Gasteiger partial charge in [-0.25, -0.2) is 9.36 Å². The van der Waals surface area contributed by atoms with Crippen molar-refractivity contribution < 1.29 is 19.1 Å². The van der Waals surface area contributed by atoms with E-state index in [1.54, 1.807) is 4.57 Å². The van der Waals surface area contributed by atoms with Gasteiger partial charge in [-0.3, -0.25) is 4.79 Å². The van der Waals surface area contributed by atoms with Crippen molar-refractivity contribution in [2.24, 2.45) is 5.92 Å². The Morgan fingerprint density at radius 3 is 2.58 bits per heavy atom. The molecule has 6 nitrogen and oxygen atoms in total. The number of methoxy groups -OCH3 is 2. The molecule has 0 spiro atoms. The van der Waals surface area contributed by atoms with Gasteiger partial charge in [-0.05, 0) is 56.3 Å². The van der Waals surface area contributed by atoms with Crippen LogP contribution in [0.3, 0.4) is 0 Å². The zero-order valence-electron chi connectivity index (χ0n) is 15.4. The summed E-state index contributed by atoms with van der Waals surface area (Å²) in [6.07, 6.45) is 3.75. The summed E-state index contributed by atoms with van der Waals surface area (Å²) in [4.78, 5) is 24.5. The van der Waals surface area contributed by atoms with Gasteiger partial charge in [0.2, 0.25) is 0 Å². The lowest BCUT2D eigenvalue weighted by atomic mass is 9.91. The van der Waals surface area contributed by atoms with Crippen molar-refractivity contribution >= 4 is 23.0 Å². The molecular formula is C20H26N2O4. The lowest BCUT2D eigenvalue weighted by molar-refractivity contribution is -0.139. The van der Waals surface area contributed by atoms with Crippen LogP contribution in [0.15, 0.2) is 24.3 Å². The summed E-state index contributed by atoms with van der Waals surface area (Å²) < 4.78 is 11.5. The van der Waals surface area contributed by atoms with Crippen LogP contribution in [-0.2, 0) is 27.1 Å². The first-order valence-corrected chi connectivity index (χ1v) is 9.12. The fourth-order valence-corrected chi connectivity index (χ4v) is 3.85. The van der Waals surface area contributed by atoms with Crippen molar-refractivity contribution in [3.8, 4) is 0 Å². The van der Waals surface area contributed by atoms with Crippen molar-refractivity contribution in [1.82, 2.24) is 9.88 Å². The molecule has 1 aromatic heterocycles. The molecule has 0 amide bonds. The maximum Gasteiger partial charge on any atom is 0.418 e. The molecular weight excluding hydrogens is 332 g/mol. The van der Waals surface area contributed by atoms with E-state index in [0.29, 0.717) is 5.92 Å². The summed E-state index contributed by atoms with van der Waals surface area (Å²) in [6.45, 7) is 2.08. The van der Waals surface area contributed by atoms with Crippen LogP contribution in [0.1, 0.15) is 30.5 Å². The predicted molar refractivity (Wildman–Crippen MR) is 99.4 cm³/mol. The molecule has 0 aliphatic carbocycles. The molecule has 1 saturated heterocycles. The second kappa shape index (κ2) is 8.36. The molecule has 0 saturated carbocycles. The molecule has 1 aliphatic heterocycles. The number of aromatic nitrogens is 1. The standard InChI is InChI=1S/C20H26N2O4/c1-25-19(23)13-16-15-5-3-4-6-17(15)22(20(24)26-2)18(16)8-7-14-9-11-21-12-10-14/h3-6,14,21H,7-13H2,1-2H3. The Morgan fingerprint density at radius 1 is 1.15 bits per heavy atom. The summed E-state index contributed by atoms with van der Waals surface area (Å²) in [7, 11) is 2.77. The summed E-state index contributed by atoms with van der Waals surface area (Å²) in [5.41, 5.74) is 2.51. The number of ether oxygens (including phenoxy) is 2. The zero-order valence-corrected chi connectivity index (χ0v) is 15.4. The van der Waals surface area contributed by atoms with Gasteiger partial charge < -0.3 is 14.8 Å². The quantitative estimate of drug-likeness (QED) is 0.832. The van der Waals surface area contributed by atoms with E-state index in [9.17, 15) is 9.59 Å².